The van der Waals surface area contributed by atoms with E-state index in [0.29, 0.717) is 5.92 Å². The lowest BCUT2D eigenvalue weighted by atomic mass is 9.80. The van der Waals surface area contributed by atoms with Crippen molar-refractivity contribution in [2.75, 3.05) is 9.80 Å². The van der Waals surface area contributed by atoms with Gasteiger partial charge in [-0.2, -0.15) is 0 Å². The molecule has 2 aliphatic rings. The Balaban J connectivity index is 1.78. The number of pyridine rings is 1. The molecule has 0 radical (unpaired) electrons. The van der Waals surface area contributed by atoms with Crippen molar-refractivity contribution >= 4 is 23.1 Å². The molecule has 128 valence electrons. The standard InChI is InChI=1S/C21H19N5/c1-3-15-14(2)21-25(17-9-5-4-8-16(15)17)19-20(24-13-12-23-19)26(21)18-10-6-7-11-22-18/h3-15,21H,1H2,2H3. The molecule has 2 aliphatic heterocycles. The summed E-state index contributed by atoms with van der Waals surface area (Å²) in [6.07, 6.45) is 7.43. The van der Waals surface area contributed by atoms with Gasteiger partial charge in [-0.25, -0.2) is 15.0 Å². The molecule has 3 aromatic rings. The minimum Gasteiger partial charge on any atom is -0.301 e. The van der Waals surface area contributed by atoms with Crippen LogP contribution in [0.2, 0.25) is 0 Å². The van der Waals surface area contributed by atoms with Crippen molar-refractivity contribution in [3.05, 3.63) is 79.3 Å². The van der Waals surface area contributed by atoms with Gasteiger partial charge in [0.25, 0.3) is 0 Å². The van der Waals surface area contributed by atoms with E-state index in [-0.39, 0.29) is 12.1 Å². The number of nitrogens with zero attached hydrogens (tertiary/aromatic N) is 5. The molecule has 0 saturated heterocycles. The average molecular weight is 341 g/mol. The van der Waals surface area contributed by atoms with E-state index < -0.39 is 0 Å². The summed E-state index contributed by atoms with van der Waals surface area (Å²) >= 11 is 0. The molecule has 5 heteroatoms. The largest absolute Gasteiger partial charge is 0.301 e. The minimum absolute atomic E-state index is 0.0557. The van der Waals surface area contributed by atoms with Crippen molar-refractivity contribution in [1.29, 1.82) is 0 Å². The van der Waals surface area contributed by atoms with E-state index in [2.05, 4.69) is 68.6 Å². The Morgan fingerprint density at radius 3 is 2.35 bits per heavy atom. The van der Waals surface area contributed by atoms with E-state index in [1.54, 1.807) is 12.4 Å². The zero-order chi connectivity index (χ0) is 17.7. The summed E-state index contributed by atoms with van der Waals surface area (Å²) in [7, 11) is 0. The SMILES string of the molecule is C=CC1c2ccccc2N2c3nccnc3N(c3ccccn3)C2C1C. The van der Waals surface area contributed by atoms with Gasteiger partial charge in [-0.1, -0.05) is 37.3 Å². The Bertz CT molecular complexity index is 971. The minimum atomic E-state index is 0.0557. The van der Waals surface area contributed by atoms with Crippen LogP contribution in [0.3, 0.4) is 0 Å². The molecule has 0 N–H and O–H groups in total. The molecule has 4 heterocycles. The number of anilines is 4. The second-order valence-corrected chi connectivity index (χ2v) is 6.72. The second kappa shape index (κ2) is 5.66. The van der Waals surface area contributed by atoms with Crippen LogP contribution >= 0.6 is 0 Å². The Kier molecular flexibility index (Phi) is 3.28. The zero-order valence-electron chi connectivity index (χ0n) is 14.5. The van der Waals surface area contributed by atoms with Crippen LogP contribution in [-0.2, 0) is 0 Å². The van der Waals surface area contributed by atoms with Gasteiger partial charge >= 0.3 is 0 Å². The summed E-state index contributed by atoms with van der Waals surface area (Å²) in [5.74, 6) is 3.16. The zero-order valence-corrected chi connectivity index (χ0v) is 14.5. The maximum absolute atomic E-state index is 4.67. The van der Waals surface area contributed by atoms with Gasteiger partial charge in [0.1, 0.15) is 12.0 Å². The van der Waals surface area contributed by atoms with Gasteiger partial charge in [-0.05, 0) is 23.8 Å². The Hall–Kier alpha value is -3.21. The highest BCUT2D eigenvalue weighted by Gasteiger charge is 2.49. The average Bonchev–Trinajstić information content (AvgIpc) is 3.05. The molecule has 3 unspecified atom stereocenters. The molecule has 2 aromatic heterocycles. The van der Waals surface area contributed by atoms with Crippen LogP contribution in [0.4, 0.5) is 23.1 Å². The molecule has 0 aliphatic carbocycles. The molecule has 5 nitrogen and oxygen atoms in total. The molecule has 0 saturated carbocycles. The van der Waals surface area contributed by atoms with Crippen LogP contribution < -0.4 is 9.80 Å². The normalized spacial score (nSPS) is 23.2. The first-order valence-corrected chi connectivity index (χ1v) is 8.83. The highest BCUT2D eigenvalue weighted by Crippen LogP contribution is 2.54. The second-order valence-electron chi connectivity index (χ2n) is 6.72. The number of hydrogen-bond donors (Lipinski definition) is 0. The number of allylic oxidation sites excluding steroid dienone is 1. The topological polar surface area (TPSA) is 45.2 Å². The summed E-state index contributed by atoms with van der Waals surface area (Å²) in [6, 6.07) is 14.5. The van der Waals surface area contributed by atoms with Crippen molar-refractivity contribution in [2.45, 2.75) is 19.0 Å². The molecular formula is C21H19N5. The third kappa shape index (κ3) is 1.94. The van der Waals surface area contributed by atoms with Crippen molar-refractivity contribution in [3.8, 4) is 0 Å². The highest BCUT2D eigenvalue weighted by atomic mass is 15.5. The Morgan fingerprint density at radius 1 is 0.885 bits per heavy atom. The van der Waals surface area contributed by atoms with E-state index in [4.69, 9.17) is 0 Å². The van der Waals surface area contributed by atoms with Crippen LogP contribution in [-0.4, -0.2) is 21.1 Å². The third-order valence-corrected chi connectivity index (χ3v) is 5.39. The van der Waals surface area contributed by atoms with E-state index in [0.717, 1.165) is 17.5 Å². The van der Waals surface area contributed by atoms with Gasteiger partial charge in [-0.3, -0.25) is 4.90 Å². The lowest BCUT2D eigenvalue weighted by Gasteiger charge is -2.44. The summed E-state index contributed by atoms with van der Waals surface area (Å²) < 4.78 is 0. The summed E-state index contributed by atoms with van der Waals surface area (Å²) in [6.45, 7) is 6.38. The van der Waals surface area contributed by atoms with Crippen molar-refractivity contribution in [2.24, 2.45) is 5.92 Å². The van der Waals surface area contributed by atoms with Crippen LogP contribution in [0.1, 0.15) is 18.4 Å². The first-order chi connectivity index (χ1) is 12.8. The highest BCUT2D eigenvalue weighted by molar-refractivity contribution is 5.85. The number of rotatable bonds is 2. The number of benzene rings is 1. The van der Waals surface area contributed by atoms with E-state index in [1.807, 2.05) is 24.4 Å². The summed E-state index contributed by atoms with van der Waals surface area (Å²) in [5.41, 5.74) is 2.45. The Morgan fingerprint density at radius 2 is 1.62 bits per heavy atom. The van der Waals surface area contributed by atoms with Gasteiger partial charge in [0.2, 0.25) is 0 Å². The number of fused-ring (bicyclic) bond motifs is 5. The fourth-order valence-corrected chi connectivity index (χ4v) is 4.30. The molecule has 3 atom stereocenters. The monoisotopic (exact) mass is 341 g/mol. The van der Waals surface area contributed by atoms with Crippen LogP contribution in [0.15, 0.2) is 73.7 Å². The molecule has 0 bridgehead atoms. The van der Waals surface area contributed by atoms with Crippen LogP contribution in [0, 0.1) is 5.92 Å². The fraction of sp³-hybridized carbons (Fsp3) is 0.190. The molecule has 5 rings (SSSR count). The molecule has 26 heavy (non-hydrogen) atoms. The molecule has 1 aromatic carbocycles. The molecule has 0 spiro atoms. The Labute approximate surface area is 152 Å². The maximum atomic E-state index is 4.67. The van der Waals surface area contributed by atoms with Crippen molar-refractivity contribution in [3.63, 3.8) is 0 Å². The fourth-order valence-electron chi connectivity index (χ4n) is 4.30. The maximum Gasteiger partial charge on any atom is 0.179 e. The van der Waals surface area contributed by atoms with Gasteiger partial charge < -0.3 is 4.90 Å². The lowest BCUT2D eigenvalue weighted by Crippen LogP contribution is -2.48. The smallest absolute Gasteiger partial charge is 0.179 e. The number of para-hydroxylation sites is 1. The predicted molar refractivity (Wildman–Crippen MR) is 103 cm³/mol. The predicted octanol–water partition coefficient (Wildman–Crippen LogP) is 4.41. The van der Waals surface area contributed by atoms with E-state index in [1.165, 1.54) is 11.3 Å². The molecule has 0 fully saturated rings. The van der Waals surface area contributed by atoms with Gasteiger partial charge in [0.15, 0.2) is 11.6 Å². The van der Waals surface area contributed by atoms with Gasteiger partial charge in [-0.15, -0.1) is 6.58 Å². The third-order valence-electron chi connectivity index (χ3n) is 5.39. The van der Waals surface area contributed by atoms with E-state index >= 15 is 0 Å². The first kappa shape index (κ1) is 15.1. The van der Waals surface area contributed by atoms with E-state index in [9.17, 15) is 0 Å². The van der Waals surface area contributed by atoms with Crippen molar-refractivity contribution < 1.29 is 0 Å². The van der Waals surface area contributed by atoms with Crippen molar-refractivity contribution in [1.82, 2.24) is 15.0 Å². The van der Waals surface area contributed by atoms with Crippen LogP contribution in [0.25, 0.3) is 0 Å². The number of hydrogen-bond acceptors (Lipinski definition) is 5. The van der Waals surface area contributed by atoms with Crippen LogP contribution in [0.5, 0.6) is 0 Å². The van der Waals surface area contributed by atoms with Gasteiger partial charge in [0, 0.05) is 36.1 Å². The number of aromatic nitrogens is 3. The lowest BCUT2D eigenvalue weighted by molar-refractivity contribution is 0.407. The van der Waals surface area contributed by atoms with Gasteiger partial charge in [0.05, 0.1) is 0 Å². The quantitative estimate of drug-likeness (QED) is 0.646. The first-order valence-electron chi connectivity index (χ1n) is 8.83. The molecule has 0 amide bonds. The summed E-state index contributed by atoms with van der Waals surface area (Å²) in [5, 5.41) is 0. The summed E-state index contributed by atoms with van der Waals surface area (Å²) in [4.78, 5) is 18.4. The molecular weight excluding hydrogens is 322 g/mol.